The zero-order chi connectivity index (χ0) is 11.3. The third-order valence-electron chi connectivity index (χ3n) is 1.68. The van der Waals surface area contributed by atoms with Gasteiger partial charge in [-0.3, -0.25) is 4.89 Å². The molecule has 15 heavy (non-hydrogen) atoms. The Morgan fingerprint density at radius 2 is 1.93 bits per heavy atom. The Bertz CT molecular complexity index is 374. The minimum Gasteiger partial charge on any atom is -0.291 e. The molecule has 0 aliphatic rings. The summed E-state index contributed by atoms with van der Waals surface area (Å²) in [6, 6.07) is 8.55. The van der Waals surface area contributed by atoms with Crippen LogP contribution in [0.5, 0.6) is 0 Å². The number of carbonyl (C=O) groups excluding carboxylic acids is 1. The Labute approximate surface area is 88.9 Å². The third-order valence-corrected chi connectivity index (χ3v) is 1.68. The topological polar surface area (TPSA) is 35.5 Å². The lowest BCUT2D eigenvalue weighted by Gasteiger charge is -2.15. The van der Waals surface area contributed by atoms with Crippen molar-refractivity contribution in [3.8, 4) is 12.3 Å². The van der Waals surface area contributed by atoms with Gasteiger partial charge in [0.1, 0.15) is 0 Å². The summed E-state index contributed by atoms with van der Waals surface area (Å²) in [5, 5.41) is 0. The maximum absolute atomic E-state index is 11.4. The maximum Gasteiger partial charge on any atom is 0.373 e. The number of benzene rings is 1. The van der Waals surface area contributed by atoms with Gasteiger partial charge in [0.15, 0.2) is 5.60 Å². The summed E-state index contributed by atoms with van der Waals surface area (Å²) >= 11 is 0. The monoisotopic (exact) mass is 204 g/mol. The largest absolute Gasteiger partial charge is 0.373 e. The Morgan fingerprint density at radius 3 is 2.47 bits per heavy atom. The van der Waals surface area contributed by atoms with Gasteiger partial charge in [0, 0.05) is 0 Å². The van der Waals surface area contributed by atoms with Crippen molar-refractivity contribution in [2.24, 2.45) is 0 Å². The second-order valence-electron chi connectivity index (χ2n) is 3.47. The van der Waals surface area contributed by atoms with E-state index in [4.69, 9.17) is 11.3 Å². The van der Waals surface area contributed by atoms with Gasteiger partial charge in [0.2, 0.25) is 0 Å². The first-order valence-electron chi connectivity index (χ1n) is 4.48. The van der Waals surface area contributed by atoms with E-state index in [2.05, 4.69) is 10.8 Å². The Kier molecular flexibility index (Phi) is 3.48. The van der Waals surface area contributed by atoms with Gasteiger partial charge in [0.25, 0.3) is 0 Å². The van der Waals surface area contributed by atoms with E-state index in [0.29, 0.717) is 5.56 Å². The Morgan fingerprint density at radius 1 is 1.33 bits per heavy atom. The Balaban J connectivity index is 2.56. The molecule has 3 heteroatoms. The van der Waals surface area contributed by atoms with Gasteiger partial charge >= 0.3 is 5.97 Å². The standard InChI is InChI=1S/C12H12O3/c1-4-12(2,3)15-14-11(13)10-8-6-5-7-9-10/h1,5-9H,2-3H3. The van der Waals surface area contributed by atoms with Crippen LogP contribution in [0.15, 0.2) is 30.3 Å². The molecule has 0 atom stereocenters. The number of hydrogen-bond acceptors (Lipinski definition) is 3. The third kappa shape index (κ3) is 3.45. The summed E-state index contributed by atoms with van der Waals surface area (Å²) in [6.45, 7) is 3.26. The molecule has 1 aromatic carbocycles. The summed E-state index contributed by atoms with van der Waals surface area (Å²) in [5.74, 6) is 1.79. The molecule has 0 saturated carbocycles. The number of carbonyl (C=O) groups is 1. The van der Waals surface area contributed by atoms with Crippen LogP contribution in [0.3, 0.4) is 0 Å². The molecule has 1 aromatic rings. The molecule has 0 bridgehead atoms. The fourth-order valence-electron chi connectivity index (χ4n) is 0.788. The van der Waals surface area contributed by atoms with Crippen LogP contribution in [0.1, 0.15) is 24.2 Å². The minimum atomic E-state index is -0.912. The summed E-state index contributed by atoms with van der Waals surface area (Å²) in [7, 11) is 0. The van der Waals surface area contributed by atoms with E-state index >= 15 is 0 Å². The summed E-state index contributed by atoms with van der Waals surface area (Å²) in [5.41, 5.74) is -0.491. The van der Waals surface area contributed by atoms with Gasteiger partial charge in [-0.25, -0.2) is 4.79 Å². The van der Waals surface area contributed by atoms with Gasteiger partial charge in [-0.2, -0.15) is 4.89 Å². The van der Waals surface area contributed by atoms with E-state index in [0.717, 1.165) is 0 Å². The molecule has 0 fully saturated rings. The van der Waals surface area contributed by atoms with Crippen LogP contribution in [0.25, 0.3) is 0 Å². The van der Waals surface area contributed by atoms with E-state index in [-0.39, 0.29) is 0 Å². The van der Waals surface area contributed by atoms with Crippen LogP contribution < -0.4 is 0 Å². The predicted molar refractivity (Wildman–Crippen MR) is 55.9 cm³/mol. The highest BCUT2D eigenvalue weighted by Gasteiger charge is 2.19. The van der Waals surface area contributed by atoms with Gasteiger partial charge < -0.3 is 0 Å². The molecule has 1 rings (SSSR count). The lowest BCUT2D eigenvalue weighted by Crippen LogP contribution is -2.24. The highest BCUT2D eigenvalue weighted by Crippen LogP contribution is 2.09. The van der Waals surface area contributed by atoms with Gasteiger partial charge in [-0.15, -0.1) is 6.42 Å². The lowest BCUT2D eigenvalue weighted by atomic mass is 10.2. The van der Waals surface area contributed by atoms with Crippen molar-refractivity contribution in [2.75, 3.05) is 0 Å². The smallest absolute Gasteiger partial charge is 0.291 e. The molecule has 0 saturated heterocycles. The second-order valence-corrected chi connectivity index (χ2v) is 3.47. The maximum atomic E-state index is 11.4. The second kappa shape index (κ2) is 4.63. The minimum absolute atomic E-state index is 0.422. The van der Waals surface area contributed by atoms with Crippen molar-refractivity contribution >= 4 is 5.97 Å². The average molecular weight is 204 g/mol. The molecule has 0 amide bonds. The zero-order valence-corrected chi connectivity index (χ0v) is 8.69. The van der Waals surface area contributed by atoms with Crippen molar-refractivity contribution in [1.29, 1.82) is 0 Å². The van der Waals surface area contributed by atoms with Crippen LogP contribution in [-0.2, 0) is 9.78 Å². The molecule has 0 aromatic heterocycles. The summed E-state index contributed by atoms with van der Waals surface area (Å²) in [4.78, 5) is 20.8. The normalized spacial score (nSPS) is 10.5. The van der Waals surface area contributed by atoms with E-state index < -0.39 is 11.6 Å². The quantitative estimate of drug-likeness (QED) is 0.430. The number of rotatable bonds is 3. The van der Waals surface area contributed by atoms with E-state index in [1.54, 1.807) is 38.1 Å². The lowest BCUT2D eigenvalue weighted by molar-refractivity contribution is -0.288. The molecule has 0 heterocycles. The first kappa shape index (κ1) is 11.3. The first-order valence-corrected chi connectivity index (χ1v) is 4.48. The zero-order valence-electron chi connectivity index (χ0n) is 8.69. The molecular weight excluding hydrogens is 192 g/mol. The highest BCUT2D eigenvalue weighted by molar-refractivity contribution is 5.88. The Hall–Kier alpha value is -1.79. The molecule has 0 spiro atoms. The molecule has 0 radical (unpaired) electrons. The van der Waals surface area contributed by atoms with Gasteiger partial charge in [-0.05, 0) is 26.0 Å². The molecule has 78 valence electrons. The number of hydrogen-bond donors (Lipinski definition) is 0. The van der Waals surface area contributed by atoms with Crippen molar-refractivity contribution in [2.45, 2.75) is 19.4 Å². The van der Waals surface area contributed by atoms with Crippen molar-refractivity contribution in [1.82, 2.24) is 0 Å². The van der Waals surface area contributed by atoms with Crippen molar-refractivity contribution in [3.05, 3.63) is 35.9 Å². The van der Waals surface area contributed by atoms with Crippen molar-refractivity contribution < 1.29 is 14.6 Å². The first-order chi connectivity index (χ1) is 7.05. The summed E-state index contributed by atoms with van der Waals surface area (Å²) in [6.07, 6.45) is 5.16. The number of terminal acetylenes is 1. The van der Waals surface area contributed by atoms with Crippen molar-refractivity contribution in [3.63, 3.8) is 0 Å². The van der Waals surface area contributed by atoms with Crippen LogP contribution in [-0.4, -0.2) is 11.6 Å². The van der Waals surface area contributed by atoms with E-state index in [9.17, 15) is 4.79 Å². The molecule has 0 aliphatic carbocycles. The van der Waals surface area contributed by atoms with E-state index in [1.165, 1.54) is 0 Å². The van der Waals surface area contributed by atoms with Gasteiger partial charge in [-0.1, -0.05) is 24.1 Å². The predicted octanol–water partition coefficient (Wildman–Crippen LogP) is 2.19. The fourth-order valence-corrected chi connectivity index (χ4v) is 0.788. The highest BCUT2D eigenvalue weighted by atomic mass is 17.2. The molecule has 0 unspecified atom stereocenters. The van der Waals surface area contributed by atoms with Crippen LogP contribution >= 0.6 is 0 Å². The molecular formula is C12H12O3. The van der Waals surface area contributed by atoms with Crippen LogP contribution in [0.2, 0.25) is 0 Å². The fraction of sp³-hybridized carbons (Fsp3) is 0.250. The van der Waals surface area contributed by atoms with Crippen LogP contribution in [0.4, 0.5) is 0 Å². The SMILES string of the molecule is C#CC(C)(C)OOC(=O)c1ccccc1. The molecule has 3 nitrogen and oxygen atoms in total. The molecule has 0 aliphatic heterocycles. The summed E-state index contributed by atoms with van der Waals surface area (Å²) < 4.78 is 0. The van der Waals surface area contributed by atoms with Crippen LogP contribution in [0, 0.1) is 12.3 Å². The average Bonchev–Trinajstić information content (AvgIpc) is 2.27. The van der Waals surface area contributed by atoms with Gasteiger partial charge in [0.05, 0.1) is 5.56 Å². The van der Waals surface area contributed by atoms with E-state index in [1.807, 2.05) is 6.07 Å². The molecule has 0 N–H and O–H groups in total.